The minimum Gasteiger partial charge on any atom is -0.394 e. The van der Waals surface area contributed by atoms with E-state index in [0.717, 1.165) is 31.1 Å². The second kappa shape index (κ2) is 9.19. The largest absolute Gasteiger partial charge is 0.394 e. The van der Waals surface area contributed by atoms with Crippen LogP contribution >= 0.6 is 0 Å². The van der Waals surface area contributed by atoms with E-state index in [4.69, 9.17) is 0 Å². The molecule has 1 aromatic rings. The van der Waals surface area contributed by atoms with Crippen molar-refractivity contribution in [1.29, 1.82) is 0 Å². The predicted octanol–water partition coefficient (Wildman–Crippen LogP) is 2.85. The summed E-state index contributed by atoms with van der Waals surface area (Å²) in [5.41, 5.74) is 0.765. The molecule has 0 spiro atoms. The van der Waals surface area contributed by atoms with E-state index in [2.05, 4.69) is 43.1 Å². The molecule has 0 fully saturated rings. The third-order valence-electron chi connectivity index (χ3n) is 4.69. The molecule has 2 N–H and O–H groups in total. The molecule has 0 saturated heterocycles. The average Bonchev–Trinajstić information content (AvgIpc) is 2.56. The first kappa shape index (κ1) is 18.1. The van der Waals surface area contributed by atoms with E-state index in [-0.39, 0.29) is 12.1 Å². The molecule has 0 aliphatic rings. The molecular formula is C18H32N2O. The van der Waals surface area contributed by atoms with Crippen LogP contribution in [-0.2, 0) is 5.54 Å². The van der Waals surface area contributed by atoms with Gasteiger partial charge in [0.25, 0.3) is 0 Å². The summed E-state index contributed by atoms with van der Waals surface area (Å²) in [6, 6.07) is 10.3. The zero-order chi connectivity index (χ0) is 15.7. The first-order chi connectivity index (χ1) is 10.2. The number of benzene rings is 1. The Hall–Kier alpha value is -0.900. The van der Waals surface area contributed by atoms with Gasteiger partial charge < -0.3 is 15.3 Å². The Labute approximate surface area is 130 Å². The van der Waals surface area contributed by atoms with E-state index >= 15 is 0 Å². The normalized spacial score (nSPS) is 14.6. The highest BCUT2D eigenvalue weighted by atomic mass is 16.3. The maximum absolute atomic E-state index is 10.0. The van der Waals surface area contributed by atoms with Gasteiger partial charge in [-0.05, 0) is 25.1 Å². The molecule has 1 atom stereocenters. The second-order valence-corrected chi connectivity index (χ2v) is 5.87. The van der Waals surface area contributed by atoms with E-state index in [1.54, 1.807) is 0 Å². The number of aliphatic hydroxyl groups excluding tert-OH is 1. The van der Waals surface area contributed by atoms with Crippen molar-refractivity contribution in [3.05, 3.63) is 35.9 Å². The van der Waals surface area contributed by atoms with Crippen LogP contribution in [0.4, 0.5) is 0 Å². The minimum absolute atomic E-state index is 0.104. The predicted molar refractivity (Wildman–Crippen MR) is 90.5 cm³/mol. The Morgan fingerprint density at radius 2 is 1.76 bits per heavy atom. The van der Waals surface area contributed by atoms with Crippen molar-refractivity contribution in [1.82, 2.24) is 10.2 Å². The van der Waals surface area contributed by atoms with Gasteiger partial charge in [-0.15, -0.1) is 0 Å². The molecule has 21 heavy (non-hydrogen) atoms. The van der Waals surface area contributed by atoms with Crippen molar-refractivity contribution in [3.63, 3.8) is 0 Å². The number of nitrogens with one attached hydrogen (secondary N) is 1. The Morgan fingerprint density at radius 3 is 2.19 bits per heavy atom. The molecule has 0 amide bonds. The average molecular weight is 292 g/mol. The van der Waals surface area contributed by atoms with Gasteiger partial charge in [-0.2, -0.15) is 0 Å². The summed E-state index contributed by atoms with van der Waals surface area (Å²) < 4.78 is 0. The molecule has 3 nitrogen and oxygen atoms in total. The van der Waals surface area contributed by atoms with Gasteiger partial charge in [0.05, 0.1) is 12.1 Å². The number of nitrogens with zero attached hydrogens (tertiary/aromatic N) is 1. The maximum atomic E-state index is 10.0. The number of hydrogen-bond acceptors (Lipinski definition) is 3. The molecule has 0 aliphatic carbocycles. The van der Waals surface area contributed by atoms with Crippen LogP contribution in [0.15, 0.2) is 30.3 Å². The second-order valence-electron chi connectivity index (χ2n) is 5.87. The quantitative estimate of drug-likeness (QED) is 0.696. The SMILES string of the molecule is CCC(CC)CN(CC)CC(CO)(NC)c1ccccc1. The fourth-order valence-corrected chi connectivity index (χ4v) is 2.89. The number of hydrogen-bond donors (Lipinski definition) is 2. The zero-order valence-corrected chi connectivity index (χ0v) is 14.1. The molecule has 0 aromatic heterocycles. The Bertz CT molecular complexity index is 372. The van der Waals surface area contributed by atoms with Crippen molar-refractivity contribution in [2.45, 2.75) is 39.2 Å². The molecule has 1 aromatic carbocycles. The van der Waals surface area contributed by atoms with E-state index in [0.29, 0.717) is 0 Å². The van der Waals surface area contributed by atoms with Gasteiger partial charge in [-0.1, -0.05) is 63.9 Å². The van der Waals surface area contributed by atoms with Gasteiger partial charge in [0.2, 0.25) is 0 Å². The van der Waals surface area contributed by atoms with Gasteiger partial charge in [0, 0.05) is 13.1 Å². The standard InChI is InChI=1S/C18H32N2O/c1-5-16(6-2)13-20(7-3)14-18(15-21,19-4)17-11-9-8-10-12-17/h8-12,16,19,21H,5-7,13-15H2,1-4H3. The van der Waals surface area contributed by atoms with Crippen molar-refractivity contribution < 1.29 is 5.11 Å². The van der Waals surface area contributed by atoms with Crippen LogP contribution in [0.25, 0.3) is 0 Å². The van der Waals surface area contributed by atoms with Gasteiger partial charge >= 0.3 is 0 Å². The highest BCUT2D eigenvalue weighted by Gasteiger charge is 2.32. The van der Waals surface area contributed by atoms with Crippen molar-refractivity contribution in [2.75, 3.05) is 33.3 Å². The molecular weight excluding hydrogens is 260 g/mol. The van der Waals surface area contributed by atoms with E-state index in [1.807, 2.05) is 25.2 Å². The zero-order valence-electron chi connectivity index (χ0n) is 14.1. The Kier molecular flexibility index (Phi) is 7.94. The summed E-state index contributed by atoms with van der Waals surface area (Å²) in [5, 5.41) is 13.4. The van der Waals surface area contributed by atoms with Crippen LogP contribution in [0.1, 0.15) is 39.2 Å². The molecule has 0 radical (unpaired) electrons. The molecule has 3 heteroatoms. The smallest absolute Gasteiger partial charge is 0.0795 e. The van der Waals surface area contributed by atoms with Gasteiger partial charge in [-0.3, -0.25) is 0 Å². The lowest BCUT2D eigenvalue weighted by Crippen LogP contribution is -2.53. The van der Waals surface area contributed by atoms with Crippen LogP contribution in [0.5, 0.6) is 0 Å². The Morgan fingerprint density at radius 1 is 1.14 bits per heavy atom. The molecule has 120 valence electrons. The lowest BCUT2D eigenvalue weighted by atomic mass is 9.89. The number of likely N-dealkylation sites (N-methyl/N-ethyl adjacent to an activating group) is 2. The van der Waals surface area contributed by atoms with Crippen molar-refractivity contribution in [3.8, 4) is 0 Å². The van der Waals surface area contributed by atoms with Crippen LogP contribution in [-0.4, -0.2) is 43.3 Å². The summed E-state index contributed by atoms with van der Waals surface area (Å²) in [6.07, 6.45) is 2.42. The van der Waals surface area contributed by atoms with Crippen LogP contribution in [0.2, 0.25) is 0 Å². The molecule has 0 saturated carbocycles. The van der Waals surface area contributed by atoms with Crippen molar-refractivity contribution >= 4 is 0 Å². The summed E-state index contributed by atoms with van der Waals surface area (Å²) in [4.78, 5) is 2.46. The summed E-state index contributed by atoms with van der Waals surface area (Å²) in [7, 11) is 1.94. The summed E-state index contributed by atoms with van der Waals surface area (Å²) >= 11 is 0. The molecule has 1 rings (SSSR count). The summed E-state index contributed by atoms with van der Waals surface area (Å²) in [5.74, 6) is 0.731. The van der Waals surface area contributed by atoms with Crippen LogP contribution in [0.3, 0.4) is 0 Å². The topological polar surface area (TPSA) is 35.5 Å². The van der Waals surface area contributed by atoms with Gasteiger partial charge in [-0.25, -0.2) is 0 Å². The molecule has 1 unspecified atom stereocenters. The van der Waals surface area contributed by atoms with Crippen molar-refractivity contribution in [2.24, 2.45) is 5.92 Å². The maximum Gasteiger partial charge on any atom is 0.0795 e. The Balaban J connectivity index is 2.90. The number of aliphatic hydroxyl groups is 1. The molecule has 0 aliphatic heterocycles. The highest BCUT2D eigenvalue weighted by molar-refractivity contribution is 5.25. The lowest BCUT2D eigenvalue weighted by Gasteiger charge is -2.38. The summed E-state index contributed by atoms with van der Waals surface area (Å²) in [6.45, 7) is 9.76. The monoisotopic (exact) mass is 292 g/mol. The molecule has 0 bridgehead atoms. The first-order valence-electron chi connectivity index (χ1n) is 8.23. The van der Waals surface area contributed by atoms with E-state index in [1.165, 1.54) is 12.8 Å². The minimum atomic E-state index is -0.386. The highest BCUT2D eigenvalue weighted by Crippen LogP contribution is 2.23. The third kappa shape index (κ3) is 4.80. The third-order valence-corrected chi connectivity index (χ3v) is 4.69. The van der Waals surface area contributed by atoms with E-state index < -0.39 is 0 Å². The van der Waals surface area contributed by atoms with Crippen LogP contribution in [0, 0.1) is 5.92 Å². The fraction of sp³-hybridized carbons (Fsp3) is 0.667. The number of rotatable bonds is 10. The molecule has 0 heterocycles. The van der Waals surface area contributed by atoms with Crippen LogP contribution < -0.4 is 5.32 Å². The van der Waals surface area contributed by atoms with E-state index in [9.17, 15) is 5.11 Å². The van der Waals surface area contributed by atoms with Gasteiger partial charge in [0.1, 0.15) is 0 Å². The fourth-order valence-electron chi connectivity index (χ4n) is 2.89. The first-order valence-corrected chi connectivity index (χ1v) is 8.23. The van der Waals surface area contributed by atoms with Gasteiger partial charge in [0.15, 0.2) is 0 Å². The lowest BCUT2D eigenvalue weighted by molar-refractivity contribution is 0.105.